The van der Waals surface area contributed by atoms with Gasteiger partial charge >= 0.3 is 5.95 Å². The molecule has 1 rings (SSSR count). The van der Waals surface area contributed by atoms with E-state index in [1.54, 1.807) is 12.3 Å². The standard InChI is InChI=1S/C7H9N3O2/c1-2-3-5-9-6-4-8-7(9)10(11)12/h2,4,6H,1,3,5H2. The Morgan fingerprint density at radius 2 is 2.58 bits per heavy atom. The van der Waals surface area contributed by atoms with E-state index in [-0.39, 0.29) is 5.95 Å². The van der Waals surface area contributed by atoms with E-state index >= 15 is 0 Å². The third-order valence-electron chi connectivity index (χ3n) is 1.43. The summed E-state index contributed by atoms with van der Waals surface area (Å²) in [5.41, 5.74) is 0. The Kier molecular flexibility index (Phi) is 2.57. The third kappa shape index (κ3) is 1.69. The van der Waals surface area contributed by atoms with Gasteiger partial charge in [0, 0.05) is 0 Å². The molecule has 0 aliphatic carbocycles. The van der Waals surface area contributed by atoms with Crippen LogP contribution in [0.25, 0.3) is 0 Å². The van der Waals surface area contributed by atoms with Crippen LogP contribution in [-0.4, -0.2) is 14.5 Å². The average Bonchev–Trinajstić information content (AvgIpc) is 2.48. The molecule has 1 aromatic heterocycles. The van der Waals surface area contributed by atoms with E-state index in [4.69, 9.17) is 0 Å². The van der Waals surface area contributed by atoms with Gasteiger partial charge in [-0.2, -0.15) is 0 Å². The molecule has 0 bridgehead atoms. The molecule has 1 aromatic rings. The maximum atomic E-state index is 10.3. The molecule has 0 amide bonds. The molecule has 5 heteroatoms. The normalized spacial score (nSPS) is 9.67. The molecule has 0 unspecified atom stereocenters. The van der Waals surface area contributed by atoms with Gasteiger partial charge in [-0.15, -0.1) is 6.58 Å². The van der Waals surface area contributed by atoms with Gasteiger partial charge in [-0.3, -0.25) is 0 Å². The largest absolute Gasteiger partial charge is 0.434 e. The lowest BCUT2D eigenvalue weighted by Crippen LogP contribution is -2.02. The second-order valence-electron chi connectivity index (χ2n) is 2.26. The first-order valence-corrected chi connectivity index (χ1v) is 3.52. The Morgan fingerprint density at radius 1 is 1.83 bits per heavy atom. The summed E-state index contributed by atoms with van der Waals surface area (Å²) >= 11 is 0. The van der Waals surface area contributed by atoms with Crippen LogP contribution in [0.4, 0.5) is 5.95 Å². The fourth-order valence-corrected chi connectivity index (χ4v) is 0.878. The van der Waals surface area contributed by atoms with Gasteiger partial charge < -0.3 is 10.1 Å². The van der Waals surface area contributed by atoms with E-state index in [1.165, 1.54) is 10.8 Å². The van der Waals surface area contributed by atoms with Crippen molar-refractivity contribution in [1.29, 1.82) is 0 Å². The van der Waals surface area contributed by atoms with Crippen LogP contribution >= 0.6 is 0 Å². The van der Waals surface area contributed by atoms with Crippen molar-refractivity contribution in [3.8, 4) is 0 Å². The Morgan fingerprint density at radius 3 is 3.17 bits per heavy atom. The fraction of sp³-hybridized carbons (Fsp3) is 0.286. The minimum absolute atomic E-state index is 0.114. The number of imidazole rings is 1. The molecule has 0 atom stereocenters. The Hall–Kier alpha value is -1.65. The molecule has 12 heavy (non-hydrogen) atoms. The molecular formula is C7H9N3O2. The highest BCUT2D eigenvalue weighted by Gasteiger charge is 2.11. The lowest BCUT2D eigenvalue weighted by atomic mass is 10.4. The van der Waals surface area contributed by atoms with Gasteiger partial charge in [-0.1, -0.05) is 11.1 Å². The molecule has 0 saturated heterocycles. The van der Waals surface area contributed by atoms with Crippen molar-refractivity contribution in [2.24, 2.45) is 0 Å². The molecular weight excluding hydrogens is 158 g/mol. The summed E-state index contributed by atoms with van der Waals surface area (Å²) in [7, 11) is 0. The zero-order valence-corrected chi connectivity index (χ0v) is 6.51. The molecule has 0 spiro atoms. The predicted molar refractivity (Wildman–Crippen MR) is 43.7 cm³/mol. The molecule has 0 radical (unpaired) electrons. The van der Waals surface area contributed by atoms with Crippen molar-refractivity contribution in [3.63, 3.8) is 0 Å². The number of aromatic nitrogens is 2. The summed E-state index contributed by atoms with van der Waals surface area (Å²) in [5, 5.41) is 10.3. The first kappa shape index (κ1) is 8.45. The van der Waals surface area contributed by atoms with E-state index in [0.717, 1.165) is 0 Å². The number of aryl methyl sites for hydroxylation is 1. The zero-order valence-electron chi connectivity index (χ0n) is 6.51. The summed E-state index contributed by atoms with van der Waals surface area (Å²) in [6, 6.07) is 0. The Balaban J connectivity index is 2.76. The average molecular weight is 167 g/mol. The van der Waals surface area contributed by atoms with Crippen LogP contribution in [-0.2, 0) is 6.54 Å². The number of hydrogen-bond donors (Lipinski definition) is 0. The van der Waals surface area contributed by atoms with Gasteiger partial charge in [0.15, 0.2) is 0 Å². The molecule has 0 fully saturated rings. The van der Waals surface area contributed by atoms with E-state index in [0.29, 0.717) is 13.0 Å². The smallest absolute Gasteiger partial charge is 0.390 e. The minimum Gasteiger partial charge on any atom is -0.390 e. The van der Waals surface area contributed by atoms with Crippen molar-refractivity contribution < 1.29 is 4.92 Å². The van der Waals surface area contributed by atoms with Crippen LogP contribution in [0.1, 0.15) is 6.42 Å². The molecule has 0 N–H and O–H groups in total. The Bertz CT molecular complexity index is 293. The van der Waals surface area contributed by atoms with E-state index < -0.39 is 4.92 Å². The summed E-state index contributed by atoms with van der Waals surface area (Å²) in [6.07, 6.45) is 5.42. The highest BCUT2D eigenvalue weighted by Crippen LogP contribution is 2.07. The maximum absolute atomic E-state index is 10.3. The molecule has 1 heterocycles. The lowest BCUT2D eigenvalue weighted by molar-refractivity contribution is -0.396. The summed E-state index contributed by atoms with van der Waals surface area (Å²) in [6.45, 7) is 4.09. The molecule has 64 valence electrons. The van der Waals surface area contributed by atoms with Crippen molar-refractivity contribution in [2.75, 3.05) is 0 Å². The summed E-state index contributed by atoms with van der Waals surface area (Å²) in [5.74, 6) is -0.114. The van der Waals surface area contributed by atoms with Crippen LogP contribution in [0.15, 0.2) is 25.0 Å². The molecule has 5 nitrogen and oxygen atoms in total. The van der Waals surface area contributed by atoms with Gasteiger partial charge in [0.1, 0.15) is 12.4 Å². The van der Waals surface area contributed by atoms with Gasteiger partial charge in [0.2, 0.25) is 0 Å². The number of hydrogen-bond acceptors (Lipinski definition) is 3. The minimum atomic E-state index is -0.497. The van der Waals surface area contributed by atoms with Crippen molar-refractivity contribution in [1.82, 2.24) is 9.55 Å². The molecule has 0 aliphatic rings. The molecule has 0 aliphatic heterocycles. The van der Waals surface area contributed by atoms with Crippen LogP contribution < -0.4 is 0 Å². The predicted octanol–water partition coefficient (Wildman–Crippen LogP) is 1.37. The van der Waals surface area contributed by atoms with Crippen molar-refractivity contribution in [3.05, 3.63) is 35.2 Å². The highest BCUT2D eigenvalue weighted by molar-refractivity contribution is 5.06. The van der Waals surface area contributed by atoms with Crippen LogP contribution in [0, 0.1) is 10.1 Å². The summed E-state index contributed by atoms with van der Waals surface area (Å²) in [4.78, 5) is 13.4. The summed E-state index contributed by atoms with van der Waals surface area (Å²) < 4.78 is 1.49. The van der Waals surface area contributed by atoms with Crippen molar-refractivity contribution >= 4 is 5.95 Å². The number of allylic oxidation sites excluding steroid dienone is 1. The first-order valence-electron chi connectivity index (χ1n) is 3.52. The fourth-order valence-electron chi connectivity index (χ4n) is 0.878. The van der Waals surface area contributed by atoms with Crippen molar-refractivity contribution in [2.45, 2.75) is 13.0 Å². The van der Waals surface area contributed by atoms with Gasteiger partial charge in [-0.05, 0) is 11.3 Å². The highest BCUT2D eigenvalue weighted by atomic mass is 16.6. The quantitative estimate of drug-likeness (QED) is 0.386. The van der Waals surface area contributed by atoms with Crippen LogP contribution in [0.2, 0.25) is 0 Å². The van der Waals surface area contributed by atoms with E-state index in [2.05, 4.69) is 11.6 Å². The molecule has 0 aromatic carbocycles. The van der Waals surface area contributed by atoms with E-state index in [1.807, 2.05) is 0 Å². The first-order chi connectivity index (χ1) is 5.75. The van der Waals surface area contributed by atoms with Gasteiger partial charge in [-0.25, -0.2) is 4.57 Å². The number of nitro groups is 1. The zero-order chi connectivity index (χ0) is 8.97. The van der Waals surface area contributed by atoms with Gasteiger partial charge in [0.25, 0.3) is 0 Å². The van der Waals surface area contributed by atoms with Crippen LogP contribution in [0.5, 0.6) is 0 Å². The van der Waals surface area contributed by atoms with E-state index in [9.17, 15) is 10.1 Å². The lowest BCUT2D eigenvalue weighted by Gasteiger charge is -1.97. The third-order valence-corrected chi connectivity index (χ3v) is 1.43. The second-order valence-corrected chi connectivity index (χ2v) is 2.26. The second kappa shape index (κ2) is 3.66. The number of nitrogens with zero attached hydrogens (tertiary/aromatic N) is 3. The maximum Gasteiger partial charge on any atom is 0.434 e. The van der Waals surface area contributed by atoms with Gasteiger partial charge in [0.05, 0.1) is 6.54 Å². The Labute approximate surface area is 69.5 Å². The molecule has 0 saturated carbocycles. The van der Waals surface area contributed by atoms with Crippen LogP contribution in [0.3, 0.4) is 0 Å². The topological polar surface area (TPSA) is 61.0 Å². The monoisotopic (exact) mass is 167 g/mol. The SMILES string of the molecule is C=CCCn1ccnc1[N+](=O)[O-]. The number of rotatable bonds is 4.